The van der Waals surface area contributed by atoms with Gasteiger partial charge in [0.1, 0.15) is 5.69 Å². The van der Waals surface area contributed by atoms with Crippen molar-refractivity contribution in [2.24, 2.45) is 0 Å². The van der Waals surface area contributed by atoms with Crippen molar-refractivity contribution in [3.63, 3.8) is 0 Å². The number of H-pyrrole nitrogens is 1. The number of aromatic amines is 1. The number of nitro benzene ring substituents is 1. The number of hydrogen-bond acceptors (Lipinski definition) is 4. The number of methoxy groups -OCH3 is 1. The molecule has 0 radical (unpaired) electrons. The number of rotatable bonds is 3. The minimum absolute atomic E-state index is 0.0520. The summed E-state index contributed by atoms with van der Waals surface area (Å²) in [5.41, 5.74) is 3.15. The molecule has 0 saturated carbocycles. The second kappa shape index (κ2) is 5.16. The van der Waals surface area contributed by atoms with Gasteiger partial charge in [-0.2, -0.15) is 0 Å². The molecule has 0 aliphatic rings. The van der Waals surface area contributed by atoms with E-state index in [1.54, 1.807) is 25.1 Å². The van der Waals surface area contributed by atoms with Crippen LogP contribution in [-0.2, 0) is 4.74 Å². The molecule has 2 aromatic rings. The number of ether oxygens (including phenoxy) is 1. The standard InChI is InChI=1S/C14H14N2O4/c1-8-7-11(14(17)20-3)15-13(8)10-5-4-6-12(9(10)2)16(18)19/h4-7,15H,1-3H3. The lowest BCUT2D eigenvalue weighted by Crippen LogP contribution is -2.01. The third-order valence-corrected chi connectivity index (χ3v) is 3.19. The van der Waals surface area contributed by atoms with Gasteiger partial charge in [0, 0.05) is 22.9 Å². The van der Waals surface area contributed by atoms with Crippen LogP contribution in [0, 0.1) is 24.0 Å². The van der Waals surface area contributed by atoms with Crippen LogP contribution in [0.15, 0.2) is 24.3 Å². The first-order valence-electron chi connectivity index (χ1n) is 5.98. The molecule has 20 heavy (non-hydrogen) atoms. The summed E-state index contributed by atoms with van der Waals surface area (Å²) in [7, 11) is 1.30. The fourth-order valence-corrected chi connectivity index (χ4v) is 2.15. The van der Waals surface area contributed by atoms with Gasteiger partial charge < -0.3 is 9.72 Å². The van der Waals surface area contributed by atoms with Crippen LogP contribution in [0.5, 0.6) is 0 Å². The van der Waals surface area contributed by atoms with Crippen LogP contribution in [0.4, 0.5) is 5.69 Å². The molecule has 0 saturated heterocycles. The number of nitro groups is 1. The van der Waals surface area contributed by atoms with Crippen LogP contribution < -0.4 is 0 Å². The Bertz CT molecular complexity index is 688. The summed E-state index contributed by atoms with van der Waals surface area (Å²) in [6.07, 6.45) is 0. The van der Waals surface area contributed by atoms with E-state index in [-0.39, 0.29) is 5.69 Å². The number of nitrogens with one attached hydrogen (secondary N) is 1. The first-order chi connectivity index (χ1) is 9.45. The fraction of sp³-hybridized carbons (Fsp3) is 0.214. The molecule has 2 rings (SSSR count). The van der Waals surface area contributed by atoms with Crippen molar-refractivity contribution in [1.29, 1.82) is 0 Å². The molecule has 0 spiro atoms. The van der Waals surface area contributed by atoms with Crippen molar-refractivity contribution in [1.82, 2.24) is 4.98 Å². The minimum atomic E-state index is -0.470. The number of carbonyl (C=O) groups is 1. The van der Waals surface area contributed by atoms with Crippen LogP contribution in [0.3, 0.4) is 0 Å². The molecule has 6 heteroatoms. The maximum atomic E-state index is 11.5. The third-order valence-electron chi connectivity index (χ3n) is 3.19. The molecule has 1 N–H and O–H groups in total. The highest BCUT2D eigenvalue weighted by atomic mass is 16.6. The van der Waals surface area contributed by atoms with Gasteiger partial charge in [-0.1, -0.05) is 12.1 Å². The molecule has 1 heterocycles. The molecule has 0 fully saturated rings. The molecule has 0 bridgehead atoms. The average Bonchev–Trinajstić information content (AvgIpc) is 2.79. The number of aromatic nitrogens is 1. The third kappa shape index (κ3) is 2.27. The van der Waals surface area contributed by atoms with Gasteiger partial charge in [-0.15, -0.1) is 0 Å². The van der Waals surface area contributed by atoms with Gasteiger partial charge >= 0.3 is 5.97 Å². The topological polar surface area (TPSA) is 85.2 Å². The summed E-state index contributed by atoms with van der Waals surface area (Å²) in [5.74, 6) is -0.470. The van der Waals surface area contributed by atoms with Crippen molar-refractivity contribution in [2.45, 2.75) is 13.8 Å². The van der Waals surface area contributed by atoms with Crippen LogP contribution >= 0.6 is 0 Å². The molecule has 104 valence electrons. The average molecular weight is 274 g/mol. The zero-order chi connectivity index (χ0) is 14.9. The molecular formula is C14H14N2O4. The van der Waals surface area contributed by atoms with E-state index in [4.69, 9.17) is 0 Å². The fourth-order valence-electron chi connectivity index (χ4n) is 2.15. The predicted molar refractivity (Wildman–Crippen MR) is 73.7 cm³/mol. The monoisotopic (exact) mass is 274 g/mol. The van der Waals surface area contributed by atoms with E-state index in [2.05, 4.69) is 9.72 Å². The van der Waals surface area contributed by atoms with Crippen molar-refractivity contribution in [2.75, 3.05) is 7.11 Å². The van der Waals surface area contributed by atoms with E-state index < -0.39 is 10.9 Å². The van der Waals surface area contributed by atoms with Crippen molar-refractivity contribution in [3.8, 4) is 11.3 Å². The maximum absolute atomic E-state index is 11.5. The summed E-state index contributed by atoms with van der Waals surface area (Å²) in [5, 5.41) is 11.0. The Labute approximate surface area is 115 Å². The Hall–Kier alpha value is -2.63. The van der Waals surface area contributed by atoms with Gasteiger partial charge in [0.25, 0.3) is 5.69 Å². The lowest BCUT2D eigenvalue weighted by Gasteiger charge is -2.06. The largest absolute Gasteiger partial charge is 0.464 e. The smallest absolute Gasteiger partial charge is 0.354 e. The van der Waals surface area contributed by atoms with Crippen molar-refractivity contribution in [3.05, 3.63) is 51.2 Å². The number of esters is 1. The molecule has 6 nitrogen and oxygen atoms in total. The SMILES string of the molecule is COC(=O)c1cc(C)c(-c2cccc([N+](=O)[O-])c2C)[nH]1. The van der Waals surface area contributed by atoms with E-state index in [0.717, 1.165) is 5.56 Å². The molecule has 1 aromatic heterocycles. The quantitative estimate of drug-likeness (QED) is 0.529. The summed E-state index contributed by atoms with van der Waals surface area (Å²) in [4.78, 5) is 25.0. The molecular weight excluding hydrogens is 260 g/mol. The Morgan fingerprint density at radius 1 is 1.35 bits per heavy atom. The second-order valence-corrected chi connectivity index (χ2v) is 4.44. The number of hydrogen-bond donors (Lipinski definition) is 1. The summed E-state index contributed by atoms with van der Waals surface area (Å²) < 4.78 is 4.65. The normalized spacial score (nSPS) is 10.3. The van der Waals surface area contributed by atoms with E-state index in [0.29, 0.717) is 22.5 Å². The van der Waals surface area contributed by atoms with Crippen LogP contribution in [0.1, 0.15) is 21.6 Å². The second-order valence-electron chi connectivity index (χ2n) is 4.44. The lowest BCUT2D eigenvalue weighted by molar-refractivity contribution is -0.385. The minimum Gasteiger partial charge on any atom is -0.464 e. The van der Waals surface area contributed by atoms with Gasteiger partial charge in [-0.3, -0.25) is 10.1 Å². The molecule has 0 atom stereocenters. The maximum Gasteiger partial charge on any atom is 0.354 e. The Morgan fingerprint density at radius 2 is 2.05 bits per heavy atom. The van der Waals surface area contributed by atoms with Crippen molar-refractivity contribution >= 4 is 11.7 Å². The highest BCUT2D eigenvalue weighted by molar-refractivity contribution is 5.89. The van der Waals surface area contributed by atoms with Gasteiger partial charge in [0.15, 0.2) is 0 Å². The van der Waals surface area contributed by atoms with E-state index in [1.165, 1.54) is 13.2 Å². The first kappa shape index (κ1) is 13.8. The van der Waals surface area contributed by atoms with Crippen LogP contribution in [0.25, 0.3) is 11.3 Å². The molecule has 0 aliphatic heterocycles. The lowest BCUT2D eigenvalue weighted by atomic mass is 10.0. The van der Waals surface area contributed by atoms with Gasteiger partial charge in [-0.05, 0) is 25.5 Å². The van der Waals surface area contributed by atoms with E-state index in [1.807, 2.05) is 6.92 Å². The predicted octanol–water partition coefficient (Wildman–Crippen LogP) is 2.99. The first-order valence-corrected chi connectivity index (χ1v) is 5.98. The summed E-state index contributed by atoms with van der Waals surface area (Å²) in [6.45, 7) is 3.52. The Morgan fingerprint density at radius 3 is 2.65 bits per heavy atom. The van der Waals surface area contributed by atoms with E-state index in [9.17, 15) is 14.9 Å². The molecule has 0 amide bonds. The Kier molecular flexibility index (Phi) is 3.56. The molecule has 0 unspecified atom stereocenters. The van der Waals surface area contributed by atoms with Gasteiger partial charge in [0.2, 0.25) is 0 Å². The number of aryl methyl sites for hydroxylation is 1. The van der Waals surface area contributed by atoms with E-state index >= 15 is 0 Å². The zero-order valence-corrected chi connectivity index (χ0v) is 11.4. The molecule has 1 aromatic carbocycles. The number of benzene rings is 1. The van der Waals surface area contributed by atoms with Crippen LogP contribution in [-0.4, -0.2) is 23.0 Å². The molecule has 0 aliphatic carbocycles. The Balaban J connectivity index is 2.58. The summed E-state index contributed by atoms with van der Waals surface area (Å²) in [6, 6.07) is 6.53. The summed E-state index contributed by atoms with van der Waals surface area (Å²) >= 11 is 0. The van der Waals surface area contributed by atoms with Gasteiger partial charge in [0.05, 0.1) is 12.0 Å². The van der Waals surface area contributed by atoms with Crippen molar-refractivity contribution < 1.29 is 14.5 Å². The highest BCUT2D eigenvalue weighted by Crippen LogP contribution is 2.31. The number of carbonyl (C=O) groups excluding carboxylic acids is 1. The van der Waals surface area contributed by atoms with Crippen LogP contribution in [0.2, 0.25) is 0 Å². The highest BCUT2D eigenvalue weighted by Gasteiger charge is 2.18. The number of nitrogens with zero attached hydrogens (tertiary/aromatic N) is 1. The zero-order valence-electron chi connectivity index (χ0n) is 11.4. The van der Waals surface area contributed by atoms with Gasteiger partial charge in [-0.25, -0.2) is 4.79 Å².